The molecule has 1 N–H and O–H groups in total. The number of nitrogens with zero attached hydrogens (tertiary/aromatic N) is 1. The third-order valence-electron chi connectivity index (χ3n) is 4.18. The van der Waals surface area contributed by atoms with Gasteiger partial charge in [-0.3, -0.25) is 4.79 Å². The van der Waals surface area contributed by atoms with Crippen LogP contribution in [0.1, 0.15) is 15.9 Å². The first kappa shape index (κ1) is 23.0. The zero-order valence-corrected chi connectivity index (χ0v) is 17.8. The highest BCUT2D eigenvalue weighted by atomic mass is 16.6. The summed E-state index contributed by atoms with van der Waals surface area (Å²) in [5.74, 6) is 0.737. The first-order valence-corrected chi connectivity index (χ1v) is 9.45. The number of nitrogens with one attached hydrogen (secondary N) is 1. The number of esters is 1. The standard InChI is InChI=1S/C22H28N2O6/c1-24(2)11-12-29-18-8-5-16(6-9-18)14-23-22(26)17-7-10-19(20(13-17)27-3)30-15-21(25)28-4/h5-10,13H,11-12,14-15H2,1-4H3,(H,23,26). The summed E-state index contributed by atoms with van der Waals surface area (Å²) in [6, 6.07) is 12.3. The molecule has 2 rings (SSSR count). The van der Waals surface area contributed by atoms with Gasteiger partial charge >= 0.3 is 5.97 Å². The third kappa shape index (κ3) is 7.29. The molecule has 0 saturated carbocycles. The van der Waals surface area contributed by atoms with E-state index in [0.29, 0.717) is 30.2 Å². The highest BCUT2D eigenvalue weighted by Crippen LogP contribution is 2.28. The summed E-state index contributed by atoms with van der Waals surface area (Å²) in [4.78, 5) is 25.7. The van der Waals surface area contributed by atoms with E-state index >= 15 is 0 Å². The summed E-state index contributed by atoms with van der Waals surface area (Å²) >= 11 is 0. The van der Waals surface area contributed by atoms with Crippen molar-refractivity contribution in [1.29, 1.82) is 0 Å². The van der Waals surface area contributed by atoms with E-state index in [1.54, 1.807) is 18.2 Å². The predicted octanol–water partition coefficient (Wildman–Crippen LogP) is 2.12. The highest BCUT2D eigenvalue weighted by Gasteiger charge is 2.12. The topological polar surface area (TPSA) is 86.3 Å². The van der Waals surface area contributed by atoms with Crippen LogP contribution in [0.5, 0.6) is 17.2 Å². The van der Waals surface area contributed by atoms with Crippen molar-refractivity contribution in [2.24, 2.45) is 0 Å². The van der Waals surface area contributed by atoms with Crippen molar-refractivity contribution in [2.45, 2.75) is 6.54 Å². The molecule has 0 saturated heterocycles. The number of ether oxygens (including phenoxy) is 4. The zero-order chi connectivity index (χ0) is 21.9. The van der Waals surface area contributed by atoms with Gasteiger partial charge in [-0.1, -0.05) is 12.1 Å². The van der Waals surface area contributed by atoms with Crippen molar-refractivity contribution in [2.75, 3.05) is 48.1 Å². The Morgan fingerprint density at radius 1 is 0.967 bits per heavy atom. The molecular weight excluding hydrogens is 388 g/mol. The van der Waals surface area contributed by atoms with Gasteiger partial charge in [-0.15, -0.1) is 0 Å². The van der Waals surface area contributed by atoms with Crippen molar-refractivity contribution in [3.8, 4) is 17.2 Å². The molecular formula is C22H28N2O6. The van der Waals surface area contributed by atoms with E-state index in [1.807, 2.05) is 38.4 Å². The Hall–Kier alpha value is -3.26. The molecule has 2 aromatic carbocycles. The number of benzene rings is 2. The number of amides is 1. The summed E-state index contributed by atoms with van der Waals surface area (Å²) in [5.41, 5.74) is 1.37. The normalized spacial score (nSPS) is 10.4. The van der Waals surface area contributed by atoms with Crippen molar-refractivity contribution < 1.29 is 28.5 Å². The lowest BCUT2D eigenvalue weighted by Gasteiger charge is -2.12. The van der Waals surface area contributed by atoms with E-state index < -0.39 is 5.97 Å². The van der Waals surface area contributed by atoms with E-state index in [-0.39, 0.29) is 12.5 Å². The highest BCUT2D eigenvalue weighted by molar-refractivity contribution is 5.94. The molecule has 0 aliphatic rings. The van der Waals surface area contributed by atoms with Gasteiger partial charge in [-0.25, -0.2) is 4.79 Å². The minimum atomic E-state index is -0.506. The average Bonchev–Trinajstić information content (AvgIpc) is 2.76. The van der Waals surface area contributed by atoms with Crippen LogP contribution in [0.3, 0.4) is 0 Å². The maximum absolute atomic E-state index is 12.5. The number of methoxy groups -OCH3 is 2. The van der Waals surface area contributed by atoms with Crippen LogP contribution in [-0.2, 0) is 16.1 Å². The molecule has 162 valence electrons. The van der Waals surface area contributed by atoms with Gasteiger partial charge in [-0.05, 0) is 50.0 Å². The second kappa shape index (κ2) is 11.7. The fraction of sp³-hybridized carbons (Fsp3) is 0.364. The van der Waals surface area contributed by atoms with Gasteiger partial charge in [-0.2, -0.15) is 0 Å². The summed E-state index contributed by atoms with van der Waals surface area (Å²) < 4.78 is 20.8. The molecule has 8 heteroatoms. The molecule has 30 heavy (non-hydrogen) atoms. The molecule has 8 nitrogen and oxygen atoms in total. The Morgan fingerprint density at radius 2 is 1.70 bits per heavy atom. The molecule has 0 radical (unpaired) electrons. The second-order valence-corrected chi connectivity index (χ2v) is 6.71. The van der Waals surface area contributed by atoms with Crippen LogP contribution in [0.15, 0.2) is 42.5 Å². The first-order valence-electron chi connectivity index (χ1n) is 9.45. The summed E-state index contributed by atoms with van der Waals surface area (Å²) in [5, 5.41) is 2.87. The van der Waals surface area contributed by atoms with Gasteiger partial charge in [0.05, 0.1) is 14.2 Å². The third-order valence-corrected chi connectivity index (χ3v) is 4.18. The van der Waals surface area contributed by atoms with Crippen LogP contribution < -0.4 is 19.5 Å². The number of likely N-dealkylation sites (N-methyl/N-ethyl adjacent to an activating group) is 1. The molecule has 0 aliphatic carbocycles. The largest absolute Gasteiger partial charge is 0.493 e. The minimum absolute atomic E-state index is 0.243. The van der Waals surface area contributed by atoms with E-state index in [4.69, 9.17) is 14.2 Å². The monoisotopic (exact) mass is 416 g/mol. The zero-order valence-electron chi connectivity index (χ0n) is 17.8. The number of carbonyl (C=O) groups excluding carboxylic acids is 2. The lowest BCUT2D eigenvalue weighted by molar-refractivity contribution is -0.142. The second-order valence-electron chi connectivity index (χ2n) is 6.71. The quantitative estimate of drug-likeness (QED) is 0.562. The maximum Gasteiger partial charge on any atom is 0.343 e. The summed E-state index contributed by atoms with van der Waals surface area (Å²) in [6.45, 7) is 1.59. The van der Waals surface area contributed by atoms with Crippen LogP contribution in [0.4, 0.5) is 0 Å². The summed E-state index contributed by atoms with van der Waals surface area (Å²) in [7, 11) is 6.73. The number of carbonyl (C=O) groups is 2. The number of rotatable bonds is 11. The Kier molecular flexibility index (Phi) is 8.96. The van der Waals surface area contributed by atoms with Crippen LogP contribution in [0, 0.1) is 0 Å². The Bertz CT molecular complexity index is 836. The van der Waals surface area contributed by atoms with Gasteiger partial charge in [0.25, 0.3) is 5.91 Å². The maximum atomic E-state index is 12.5. The van der Waals surface area contributed by atoms with E-state index in [2.05, 4.69) is 15.0 Å². The van der Waals surface area contributed by atoms with Crippen LogP contribution >= 0.6 is 0 Å². The van der Waals surface area contributed by atoms with Crippen molar-refractivity contribution in [3.05, 3.63) is 53.6 Å². The van der Waals surface area contributed by atoms with Gasteiger partial charge < -0.3 is 29.2 Å². The molecule has 0 spiro atoms. The molecule has 0 fully saturated rings. The van der Waals surface area contributed by atoms with Gasteiger partial charge in [0.1, 0.15) is 12.4 Å². The van der Waals surface area contributed by atoms with E-state index in [9.17, 15) is 9.59 Å². The minimum Gasteiger partial charge on any atom is -0.493 e. The van der Waals surface area contributed by atoms with Crippen molar-refractivity contribution in [1.82, 2.24) is 10.2 Å². The first-order chi connectivity index (χ1) is 14.4. The summed E-state index contributed by atoms with van der Waals surface area (Å²) in [6.07, 6.45) is 0. The van der Waals surface area contributed by atoms with Crippen molar-refractivity contribution in [3.63, 3.8) is 0 Å². The van der Waals surface area contributed by atoms with Gasteiger partial charge in [0, 0.05) is 18.7 Å². The SMILES string of the molecule is COC(=O)COc1ccc(C(=O)NCc2ccc(OCCN(C)C)cc2)cc1OC. The lowest BCUT2D eigenvalue weighted by Crippen LogP contribution is -2.23. The molecule has 0 aromatic heterocycles. The van der Waals surface area contributed by atoms with Gasteiger partial charge in [0.2, 0.25) is 0 Å². The molecule has 0 bridgehead atoms. The number of hydrogen-bond acceptors (Lipinski definition) is 7. The van der Waals surface area contributed by atoms with Crippen LogP contribution in [-0.4, -0.2) is 64.8 Å². The lowest BCUT2D eigenvalue weighted by atomic mass is 10.1. The van der Waals surface area contributed by atoms with Crippen LogP contribution in [0.25, 0.3) is 0 Å². The predicted molar refractivity (Wildman–Crippen MR) is 112 cm³/mol. The van der Waals surface area contributed by atoms with E-state index in [0.717, 1.165) is 17.9 Å². The van der Waals surface area contributed by atoms with Crippen molar-refractivity contribution >= 4 is 11.9 Å². The molecule has 0 atom stereocenters. The molecule has 1 amide bonds. The average molecular weight is 416 g/mol. The van der Waals surface area contributed by atoms with Crippen LogP contribution in [0.2, 0.25) is 0 Å². The smallest absolute Gasteiger partial charge is 0.343 e. The Balaban J connectivity index is 1.90. The molecule has 0 unspecified atom stereocenters. The molecule has 2 aromatic rings. The fourth-order valence-electron chi connectivity index (χ4n) is 2.46. The number of hydrogen-bond donors (Lipinski definition) is 1. The Morgan fingerprint density at radius 3 is 2.33 bits per heavy atom. The van der Waals surface area contributed by atoms with E-state index in [1.165, 1.54) is 14.2 Å². The fourth-order valence-corrected chi connectivity index (χ4v) is 2.46. The Labute approximate surface area is 176 Å². The van der Waals surface area contributed by atoms with Gasteiger partial charge in [0.15, 0.2) is 18.1 Å². The molecule has 0 aliphatic heterocycles. The molecule has 0 heterocycles.